The monoisotopic (exact) mass is 979 g/mol. The molecule has 386 valence electrons. The summed E-state index contributed by atoms with van der Waals surface area (Å²) in [6, 6.07) is -1.31. The SMILES string of the molecule is COC1C(OC)[C@H](O[C@H]2O[C@H](CO)[C@@H](O[C@@H]3OC(C(=O)O)[C@H](O[C@@H]4OC(CO)[C@H](OC)[C@H](OC)C4N=[N+]=[N-])[C@H](OC)C3OC)C(O)C2O)[C@H](C(=O)O)O[C@@H]1O[C@H]1C(CO)O[C@@H](OC)C(O)[C@H]1O. The summed E-state index contributed by atoms with van der Waals surface area (Å²) < 4.78 is 91.1. The second-order valence-corrected chi connectivity index (χ2v) is 15.7. The van der Waals surface area contributed by atoms with Crippen LogP contribution >= 0.6 is 0 Å². The molecule has 0 saturated carbocycles. The quantitative estimate of drug-likeness (QED) is 0.0294. The highest BCUT2D eigenvalue weighted by atomic mass is 16.8. The first-order valence-electron chi connectivity index (χ1n) is 20.7. The van der Waals surface area contributed by atoms with E-state index in [1.165, 1.54) is 42.7 Å². The van der Waals surface area contributed by atoms with Gasteiger partial charge >= 0.3 is 11.9 Å². The van der Waals surface area contributed by atoms with Crippen molar-refractivity contribution >= 4 is 11.9 Å². The maximum absolute atomic E-state index is 12.8. The minimum atomic E-state index is -2.12. The van der Waals surface area contributed by atoms with Gasteiger partial charge in [0, 0.05) is 54.7 Å². The highest BCUT2D eigenvalue weighted by molar-refractivity contribution is 5.74. The second-order valence-electron chi connectivity index (χ2n) is 15.7. The van der Waals surface area contributed by atoms with Crippen molar-refractivity contribution in [2.24, 2.45) is 5.11 Å². The van der Waals surface area contributed by atoms with Crippen molar-refractivity contribution in [1.29, 1.82) is 0 Å². The van der Waals surface area contributed by atoms with E-state index in [2.05, 4.69) is 10.0 Å². The molecule has 0 spiro atoms. The van der Waals surface area contributed by atoms with Gasteiger partial charge in [-0.25, -0.2) is 9.59 Å². The first-order valence-corrected chi connectivity index (χ1v) is 20.7. The number of rotatable bonds is 21. The van der Waals surface area contributed by atoms with Crippen molar-refractivity contribution in [2.45, 2.75) is 153 Å². The van der Waals surface area contributed by atoms with Crippen LogP contribution in [0.1, 0.15) is 0 Å². The molecule has 30 nitrogen and oxygen atoms in total. The average Bonchev–Trinajstić information content (AvgIpc) is 3.32. The molecule has 25 atom stereocenters. The van der Waals surface area contributed by atoms with E-state index >= 15 is 0 Å². The zero-order valence-corrected chi connectivity index (χ0v) is 37.3. The summed E-state index contributed by atoms with van der Waals surface area (Å²) in [4.78, 5) is 28.4. The van der Waals surface area contributed by atoms with Crippen LogP contribution in [-0.4, -0.2) is 281 Å². The zero-order chi connectivity index (χ0) is 49.4. The molecule has 5 heterocycles. The minimum Gasteiger partial charge on any atom is -0.479 e. The lowest BCUT2D eigenvalue weighted by Crippen LogP contribution is -2.69. The number of ether oxygens (including phenoxy) is 16. The van der Waals surface area contributed by atoms with Crippen LogP contribution in [0.2, 0.25) is 0 Å². The average molecular weight is 980 g/mol. The lowest BCUT2D eigenvalue weighted by atomic mass is 9.94. The molecule has 0 aromatic heterocycles. The molecule has 0 aromatic rings. The number of methoxy groups -OCH3 is 7. The largest absolute Gasteiger partial charge is 0.479 e. The normalized spacial score (nSPS) is 46.1. The van der Waals surface area contributed by atoms with Crippen LogP contribution in [0.15, 0.2) is 5.11 Å². The number of carboxylic acid groups (broad SMARTS) is 2. The topological polar surface area (TPSA) is 413 Å². The van der Waals surface area contributed by atoms with Gasteiger partial charge in [0.15, 0.2) is 43.7 Å². The fourth-order valence-electron chi connectivity index (χ4n) is 8.83. The smallest absolute Gasteiger partial charge is 0.335 e. The first-order chi connectivity index (χ1) is 32.1. The van der Waals surface area contributed by atoms with E-state index in [1.54, 1.807) is 0 Å². The number of carbonyl (C=O) groups is 2. The molecule has 5 aliphatic rings. The molecule has 5 saturated heterocycles. The molecule has 0 bridgehead atoms. The van der Waals surface area contributed by atoms with Gasteiger partial charge in [0.05, 0.1) is 25.9 Å². The predicted octanol–water partition coefficient (Wildman–Crippen LogP) is -5.84. The summed E-state index contributed by atoms with van der Waals surface area (Å²) in [7, 11) is 8.44. The number of carboxylic acids is 2. The summed E-state index contributed by atoms with van der Waals surface area (Å²) in [6.07, 6.45) is -38.6. The van der Waals surface area contributed by atoms with Crippen LogP contribution in [0, 0.1) is 0 Å². The number of aliphatic hydroxyl groups excluding tert-OH is 7. The number of hydrogen-bond acceptors (Lipinski definition) is 26. The Morgan fingerprint density at radius 1 is 0.448 bits per heavy atom. The Bertz CT molecular complexity index is 1620. The minimum absolute atomic E-state index is 0.618. The highest BCUT2D eigenvalue weighted by Gasteiger charge is 2.59. The van der Waals surface area contributed by atoms with Crippen molar-refractivity contribution in [3.05, 3.63) is 10.4 Å². The van der Waals surface area contributed by atoms with Crippen molar-refractivity contribution in [2.75, 3.05) is 69.6 Å². The number of azide groups is 1. The Labute approximate surface area is 381 Å². The van der Waals surface area contributed by atoms with Gasteiger partial charge in [0.1, 0.15) is 104 Å². The van der Waals surface area contributed by atoms with Gasteiger partial charge in [-0.1, -0.05) is 5.11 Å². The number of hydrogen-bond donors (Lipinski definition) is 9. The highest BCUT2D eigenvalue weighted by Crippen LogP contribution is 2.38. The third-order valence-electron chi connectivity index (χ3n) is 12.1. The third-order valence-corrected chi connectivity index (χ3v) is 12.1. The van der Waals surface area contributed by atoms with Crippen LogP contribution in [0.5, 0.6) is 0 Å². The second kappa shape index (κ2) is 24.9. The van der Waals surface area contributed by atoms with Crippen LogP contribution < -0.4 is 0 Å². The Kier molecular flexibility index (Phi) is 20.6. The van der Waals surface area contributed by atoms with E-state index < -0.39 is 185 Å². The molecule has 5 fully saturated rings. The van der Waals surface area contributed by atoms with Gasteiger partial charge in [-0.2, -0.15) is 0 Å². The van der Waals surface area contributed by atoms with Crippen molar-refractivity contribution in [3.63, 3.8) is 0 Å². The molecule has 0 aliphatic carbocycles. The van der Waals surface area contributed by atoms with E-state index in [-0.39, 0.29) is 0 Å². The molecule has 9 N–H and O–H groups in total. The van der Waals surface area contributed by atoms with Gasteiger partial charge in [0.2, 0.25) is 0 Å². The molecule has 5 aliphatic heterocycles. The Hall–Kier alpha value is -2.67. The first kappa shape index (κ1) is 55.3. The third kappa shape index (κ3) is 11.4. The number of aliphatic hydroxyl groups is 7. The Morgan fingerprint density at radius 2 is 0.806 bits per heavy atom. The fraction of sp³-hybridized carbons (Fsp3) is 0.946. The molecule has 0 aromatic carbocycles. The maximum Gasteiger partial charge on any atom is 0.335 e. The van der Waals surface area contributed by atoms with Gasteiger partial charge in [-0.15, -0.1) is 0 Å². The van der Waals surface area contributed by atoms with Gasteiger partial charge in [-0.3, -0.25) is 0 Å². The van der Waals surface area contributed by atoms with E-state index in [4.69, 9.17) is 75.8 Å². The molecular formula is C37H61N3O27. The molecule has 67 heavy (non-hydrogen) atoms. The van der Waals surface area contributed by atoms with E-state index in [0.29, 0.717) is 0 Å². The zero-order valence-electron chi connectivity index (χ0n) is 37.3. The van der Waals surface area contributed by atoms with Gasteiger partial charge in [-0.05, 0) is 5.53 Å². The number of nitrogens with zero attached hydrogens (tertiary/aromatic N) is 3. The Balaban J connectivity index is 1.35. The lowest BCUT2D eigenvalue weighted by Gasteiger charge is -2.50. The van der Waals surface area contributed by atoms with Crippen LogP contribution in [0.3, 0.4) is 0 Å². The predicted molar refractivity (Wildman–Crippen MR) is 208 cm³/mol. The van der Waals surface area contributed by atoms with E-state index in [0.717, 1.165) is 7.11 Å². The standard InChI is InChI=1S/C37H61N3O27/c1-52-21-13(10-43)59-33(14(39-40-38)22(21)53-2)64-25-23(54-3)29(56-5)36(66-27(25)31(48)49)63-20-12(9-42)61-35(18(47)16(20)45)65-26-24(55-4)30(57-6)37(67-28(26)32(50)51)62-19-11(8-41)60-34(58-7)17(46)15(19)44/h11-30,33-37,41-47H,8-10H2,1-7H3,(H,48,49)(H,50,51)/t11?,12-,13?,14?,15-,16?,17?,18?,19+,20-,21+,22-,23+,24?,25-,26+,27?,28-,29?,30?,33+,34-,35-,36-,37+/m1/s1. The summed E-state index contributed by atoms with van der Waals surface area (Å²) >= 11 is 0. The van der Waals surface area contributed by atoms with Crippen molar-refractivity contribution < 1.29 is 131 Å². The van der Waals surface area contributed by atoms with Gasteiger partial charge in [0.25, 0.3) is 0 Å². The van der Waals surface area contributed by atoms with Gasteiger partial charge < -0.3 is 122 Å². The van der Waals surface area contributed by atoms with Crippen molar-refractivity contribution in [1.82, 2.24) is 0 Å². The molecule has 5 rings (SSSR count). The summed E-state index contributed by atoms with van der Waals surface area (Å²) in [6.45, 7) is -2.32. The van der Waals surface area contributed by atoms with E-state index in [1.807, 2.05) is 0 Å². The molecule has 30 heteroatoms. The molecule has 0 radical (unpaired) electrons. The lowest BCUT2D eigenvalue weighted by molar-refractivity contribution is -0.389. The van der Waals surface area contributed by atoms with Crippen LogP contribution in [0.25, 0.3) is 10.4 Å². The fourth-order valence-corrected chi connectivity index (χ4v) is 8.83. The number of aliphatic carboxylic acids is 2. The maximum atomic E-state index is 12.8. The summed E-state index contributed by atoms with van der Waals surface area (Å²) in [5.74, 6) is -3.31. The van der Waals surface area contributed by atoms with Crippen LogP contribution in [0.4, 0.5) is 0 Å². The Morgan fingerprint density at radius 3 is 1.18 bits per heavy atom. The molecule has 10 unspecified atom stereocenters. The summed E-state index contributed by atoms with van der Waals surface area (Å²) in [5, 5.41) is 99.4. The van der Waals surface area contributed by atoms with E-state index in [9.17, 15) is 61.1 Å². The molecular weight excluding hydrogens is 918 g/mol. The van der Waals surface area contributed by atoms with Crippen LogP contribution in [-0.2, 0) is 85.4 Å². The van der Waals surface area contributed by atoms with Crippen molar-refractivity contribution in [3.8, 4) is 0 Å². The molecule has 0 amide bonds. The summed E-state index contributed by atoms with van der Waals surface area (Å²) in [5.41, 5.74) is 9.38.